The van der Waals surface area contributed by atoms with E-state index in [1.807, 2.05) is 6.20 Å². The molecule has 126 valence electrons. The van der Waals surface area contributed by atoms with Crippen molar-refractivity contribution in [2.75, 3.05) is 18.0 Å². The van der Waals surface area contributed by atoms with Crippen LogP contribution in [0.1, 0.15) is 36.3 Å². The fourth-order valence-corrected chi connectivity index (χ4v) is 4.45. The molecule has 2 aromatic rings. The molecule has 0 radical (unpaired) electrons. The molecular weight excluding hydrogens is 386 g/mol. The number of carbonyl (C=O) groups excluding carboxylic acids is 1. The second-order valence-electron chi connectivity index (χ2n) is 6.64. The van der Waals surface area contributed by atoms with Gasteiger partial charge in [0.2, 0.25) is 5.91 Å². The summed E-state index contributed by atoms with van der Waals surface area (Å²) in [5.41, 5.74) is 2.51. The van der Waals surface area contributed by atoms with Crippen LogP contribution in [0.4, 0.5) is 5.13 Å². The van der Waals surface area contributed by atoms with Crippen LogP contribution in [0.25, 0.3) is 0 Å². The second kappa shape index (κ2) is 6.84. The first-order chi connectivity index (χ1) is 11.7. The molecule has 4 rings (SSSR count). The van der Waals surface area contributed by atoms with Gasteiger partial charge in [0, 0.05) is 19.1 Å². The molecule has 1 saturated heterocycles. The molecular formula is C18H20BrN3OS. The minimum atomic E-state index is 0.112. The number of aromatic nitrogens is 1. The van der Waals surface area contributed by atoms with Gasteiger partial charge in [-0.05, 0) is 52.2 Å². The van der Waals surface area contributed by atoms with Crippen LogP contribution < -0.4 is 10.2 Å². The second-order valence-corrected chi connectivity index (χ2v) is 9.03. The minimum absolute atomic E-state index is 0.112. The predicted octanol–water partition coefficient (Wildman–Crippen LogP) is 3.72. The average molecular weight is 406 g/mol. The van der Waals surface area contributed by atoms with E-state index in [9.17, 15) is 4.79 Å². The maximum atomic E-state index is 12.3. The Kier molecular flexibility index (Phi) is 4.59. The number of anilines is 1. The Morgan fingerprint density at radius 1 is 1.29 bits per heavy atom. The zero-order valence-corrected chi connectivity index (χ0v) is 15.8. The first-order valence-electron chi connectivity index (χ1n) is 8.42. The van der Waals surface area contributed by atoms with E-state index < -0.39 is 0 Å². The van der Waals surface area contributed by atoms with Crippen molar-refractivity contribution in [3.63, 3.8) is 0 Å². The van der Waals surface area contributed by atoms with Gasteiger partial charge in [-0.25, -0.2) is 4.98 Å². The van der Waals surface area contributed by atoms with Gasteiger partial charge >= 0.3 is 0 Å². The lowest BCUT2D eigenvalue weighted by molar-refractivity contribution is -0.121. The number of carbonyl (C=O) groups is 1. The van der Waals surface area contributed by atoms with E-state index in [1.165, 1.54) is 18.4 Å². The third-order valence-corrected chi connectivity index (χ3v) is 6.22. The molecule has 1 N–H and O–H groups in total. The third kappa shape index (κ3) is 3.81. The number of hydrogen-bond donors (Lipinski definition) is 1. The van der Waals surface area contributed by atoms with Crippen molar-refractivity contribution in [1.29, 1.82) is 0 Å². The Labute approximate surface area is 154 Å². The highest BCUT2D eigenvalue weighted by Gasteiger charge is 2.26. The zero-order chi connectivity index (χ0) is 16.5. The van der Waals surface area contributed by atoms with Crippen LogP contribution in [0.15, 0.2) is 34.2 Å². The van der Waals surface area contributed by atoms with Crippen molar-refractivity contribution in [3.8, 4) is 0 Å². The molecule has 0 spiro atoms. The summed E-state index contributed by atoms with van der Waals surface area (Å²) in [6, 6.07) is 8.77. The Bertz CT molecular complexity index is 726. The van der Waals surface area contributed by atoms with E-state index in [1.54, 1.807) is 11.3 Å². The van der Waals surface area contributed by atoms with Crippen LogP contribution in [-0.2, 0) is 11.2 Å². The number of nitrogens with zero attached hydrogens (tertiary/aromatic N) is 2. The standard InChI is InChI=1S/C18H20BrN3OS/c19-16-10-20-18(24-16)22-8-7-15(11-22)21-17(23)9-12-1-3-13(4-2-12)14-5-6-14/h1-4,10,14-15H,5-9,11H2,(H,21,23)/t15-/m1/s1. The summed E-state index contributed by atoms with van der Waals surface area (Å²) in [5, 5.41) is 4.19. The number of benzene rings is 1. The molecule has 1 amide bonds. The summed E-state index contributed by atoms with van der Waals surface area (Å²) < 4.78 is 1.04. The van der Waals surface area contributed by atoms with Gasteiger partial charge in [0.05, 0.1) is 16.4 Å². The van der Waals surface area contributed by atoms with Crippen molar-refractivity contribution in [1.82, 2.24) is 10.3 Å². The van der Waals surface area contributed by atoms with E-state index in [2.05, 4.69) is 55.4 Å². The topological polar surface area (TPSA) is 45.2 Å². The first kappa shape index (κ1) is 16.1. The zero-order valence-electron chi connectivity index (χ0n) is 13.4. The summed E-state index contributed by atoms with van der Waals surface area (Å²) >= 11 is 5.09. The maximum Gasteiger partial charge on any atom is 0.224 e. The Hall–Kier alpha value is -1.40. The lowest BCUT2D eigenvalue weighted by Gasteiger charge is -2.16. The molecule has 1 aliphatic carbocycles. The van der Waals surface area contributed by atoms with Crippen molar-refractivity contribution in [3.05, 3.63) is 45.4 Å². The molecule has 2 aliphatic rings. The normalized spacial score (nSPS) is 20.4. The Balaban J connectivity index is 1.28. The average Bonchev–Trinajstić information content (AvgIpc) is 3.17. The van der Waals surface area contributed by atoms with Crippen LogP contribution in [-0.4, -0.2) is 30.0 Å². The van der Waals surface area contributed by atoms with Crippen LogP contribution in [0, 0.1) is 0 Å². The van der Waals surface area contributed by atoms with E-state index in [0.717, 1.165) is 39.9 Å². The van der Waals surface area contributed by atoms with Gasteiger partial charge in [-0.15, -0.1) is 0 Å². The summed E-state index contributed by atoms with van der Waals surface area (Å²) in [6.07, 6.45) is 5.90. The van der Waals surface area contributed by atoms with Gasteiger partial charge < -0.3 is 10.2 Å². The molecule has 1 aromatic carbocycles. The highest BCUT2D eigenvalue weighted by molar-refractivity contribution is 9.11. The molecule has 0 bridgehead atoms. The van der Waals surface area contributed by atoms with Gasteiger partial charge in [-0.3, -0.25) is 4.79 Å². The first-order valence-corrected chi connectivity index (χ1v) is 10.0. The van der Waals surface area contributed by atoms with Gasteiger partial charge in [-0.2, -0.15) is 0 Å². The van der Waals surface area contributed by atoms with Crippen LogP contribution in [0.5, 0.6) is 0 Å². The number of hydrogen-bond acceptors (Lipinski definition) is 4. The van der Waals surface area contributed by atoms with Crippen LogP contribution in [0.2, 0.25) is 0 Å². The van der Waals surface area contributed by atoms with E-state index in [0.29, 0.717) is 6.42 Å². The maximum absolute atomic E-state index is 12.3. The quantitative estimate of drug-likeness (QED) is 0.823. The van der Waals surface area contributed by atoms with Crippen LogP contribution >= 0.6 is 27.3 Å². The Morgan fingerprint density at radius 2 is 2.08 bits per heavy atom. The number of rotatable bonds is 5. The van der Waals surface area contributed by atoms with Crippen molar-refractivity contribution in [2.45, 2.75) is 37.6 Å². The fraction of sp³-hybridized carbons (Fsp3) is 0.444. The van der Waals surface area contributed by atoms with E-state index in [-0.39, 0.29) is 11.9 Å². The molecule has 24 heavy (non-hydrogen) atoms. The van der Waals surface area contributed by atoms with Gasteiger partial charge in [-0.1, -0.05) is 35.6 Å². The van der Waals surface area contributed by atoms with Gasteiger partial charge in [0.15, 0.2) is 5.13 Å². The van der Waals surface area contributed by atoms with Crippen LogP contribution in [0.3, 0.4) is 0 Å². The number of amides is 1. The summed E-state index contributed by atoms with van der Waals surface area (Å²) in [5.74, 6) is 0.879. The van der Waals surface area contributed by atoms with Crippen molar-refractivity contribution >= 4 is 38.3 Å². The van der Waals surface area contributed by atoms with E-state index in [4.69, 9.17) is 0 Å². The lowest BCUT2D eigenvalue weighted by atomic mass is 10.1. The summed E-state index contributed by atoms with van der Waals surface area (Å²) in [7, 11) is 0. The van der Waals surface area contributed by atoms with E-state index >= 15 is 0 Å². The number of thiazole rings is 1. The molecule has 1 aliphatic heterocycles. The fourth-order valence-electron chi connectivity index (χ4n) is 3.23. The van der Waals surface area contributed by atoms with Gasteiger partial charge in [0.1, 0.15) is 0 Å². The Morgan fingerprint density at radius 3 is 2.75 bits per heavy atom. The van der Waals surface area contributed by atoms with Crippen molar-refractivity contribution < 1.29 is 4.79 Å². The molecule has 6 heteroatoms. The molecule has 0 unspecified atom stereocenters. The predicted molar refractivity (Wildman–Crippen MR) is 101 cm³/mol. The monoisotopic (exact) mass is 405 g/mol. The molecule has 2 heterocycles. The molecule has 4 nitrogen and oxygen atoms in total. The number of halogens is 1. The van der Waals surface area contributed by atoms with Gasteiger partial charge in [0.25, 0.3) is 0 Å². The highest BCUT2D eigenvalue weighted by atomic mass is 79.9. The SMILES string of the molecule is O=C(Cc1ccc(C2CC2)cc1)N[C@@H]1CCN(c2ncc(Br)s2)C1. The summed E-state index contributed by atoms with van der Waals surface area (Å²) in [4.78, 5) is 18.9. The molecule has 2 fully saturated rings. The largest absolute Gasteiger partial charge is 0.351 e. The van der Waals surface area contributed by atoms with Crippen molar-refractivity contribution in [2.24, 2.45) is 0 Å². The third-order valence-electron chi connectivity index (χ3n) is 4.68. The molecule has 1 atom stereocenters. The highest BCUT2D eigenvalue weighted by Crippen LogP contribution is 2.39. The smallest absolute Gasteiger partial charge is 0.224 e. The lowest BCUT2D eigenvalue weighted by Crippen LogP contribution is -2.37. The molecule has 1 aromatic heterocycles. The minimum Gasteiger partial charge on any atom is -0.351 e. The number of nitrogens with one attached hydrogen (secondary N) is 1. The molecule has 1 saturated carbocycles. The summed E-state index contributed by atoms with van der Waals surface area (Å²) in [6.45, 7) is 1.79.